The largest absolute Gasteiger partial charge is 0.364 e. The van der Waals surface area contributed by atoms with E-state index in [-0.39, 0.29) is 0 Å². The first-order valence-electron chi connectivity index (χ1n) is 3.16. The molecule has 0 aromatic heterocycles. The van der Waals surface area contributed by atoms with E-state index in [9.17, 15) is 4.57 Å². The Kier molecular flexibility index (Phi) is 3.63. The lowest BCUT2D eigenvalue weighted by Gasteiger charge is -2.05. The standard InChI is InChI=1S/C7H6ClO3P/c8-6-3-1-5(2-4-6)7(9)11-12-10/h1-4,7,9H. The van der Waals surface area contributed by atoms with Crippen molar-refractivity contribution in [3.63, 3.8) is 0 Å². The number of halogens is 1. The van der Waals surface area contributed by atoms with Crippen molar-refractivity contribution in [1.82, 2.24) is 0 Å². The summed E-state index contributed by atoms with van der Waals surface area (Å²) in [6.45, 7) is 0. The third kappa shape index (κ3) is 2.54. The second-order valence-corrected chi connectivity index (χ2v) is 2.88. The van der Waals surface area contributed by atoms with Gasteiger partial charge in [0.05, 0.1) is 0 Å². The van der Waals surface area contributed by atoms with E-state index >= 15 is 0 Å². The Hall–Kier alpha value is -0.470. The van der Waals surface area contributed by atoms with Crippen molar-refractivity contribution in [2.24, 2.45) is 0 Å². The van der Waals surface area contributed by atoms with Gasteiger partial charge in [0, 0.05) is 10.6 Å². The van der Waals surface area contributed by atoms with Crippen LogP contribution in [0.15, 0.2) is 24.3 Å². The predicted octanol–water partition coefficient (Wildman–Crippen LogP) is 2.55. The smallest absolute Gasteiger partial charge is 0.330 e. The summed E-state index contributed by atoms with van der Waals surface area (Å²) in [6, 6.07) is 6.42. The molecule has 0 saturated heterocycles. The van der Waals surface area contributed by atoms with Crippen LogP contribution in [0.4, 0.5) is 0 Å². The molecule has 64 valence electrons. The van der Waals surface area contributed by atoms with Crippen molar-refractivity contribution in [2.45, 2.75) is 6.29 Å². The van der Waals surface area contributed by atoms with E-state index in [0.29, 0.717) is 10.6 Å². The third-order valence-corrected chi connectivity index (χ3v) is 1.84. The number of rotatable bonds is 3. The van der Waals surface area contributed by atoms with Gasteiger partial charge in [0.25, 0.3) is 0 Å². The SMILES string of the molecule is O=POC(O)c1ccc(Cl)cc1. The van der Waals surface area contributed by atoms with E-state index < -0.39 is 15.0 Å². The quantitative estimate of drug-likeness (QED) is 0.608. The minimum absolute atomic E-state index is 0.516. The van der Waals surface area contributed by atoms with E-state index in [1.54, 1.807) is 24.3 Å². The molecule has 5 heteroatoms. The van der Waals surface area contributed by atoms with E-state index in [2.05, 4.69) is 4.52 Å². The summed E-state index contributed by atoms with van der Waals surface area (Å²) in [5.41, 5.74) is 0.516. The fourth-order valence-corrected chi connectivity index (χ4v) is 1.06. The average molecular weight is 205 g/mol. The summed E-state index contributed by atoms with van der Waals surface area (Å²) >= 11 is 5.61. The summed E-state index contributed by atoms with van der Waals surface area (Å²) in [7, 11) is -0.548. The molecular weight excluding hydrogens is 199 g/mol. The second-order valence-electron chi connectivity index (χ2n) is 2.08. The normalized spacial score (nSPS) is 13.2. The van der Waals surface area contributed by atoms with Crippen molar-refractivity contribution in [2.75, 3.05) is 0 Å². The number of hydrogen-bond acceptors (Lipinski definition) is 3. The van der Waals surface area contributed by atoms with E-state index in [4.69, 9.17) is 16.7 Å². The first-order valence-corrected chi connectivity index (χ1v) is 4.27. The lowest BCUT2D eigenvalue weighted by atomic mass is 10.2. The minimum Gasteiger partial charge on any atom is -0.364 e. The molecule has 0 aliphatic rings. The number of aliphatic hydroxyl groups is 1. The van der Waals surface area contributed by atoms with Gasteiger partial charge in [-0.3, -0.25) is 4.52 Å². The van der Waals surface area contributed by atoms with Gasteiger partial charge in [-0.25, -0.2) is 4.57 Å². The van der Waals surface area contributed by atoms with E-state index in [1.807, 2.05) is 0 Å². The maximum atomic E-state index is 9.94. The minimum atomic E-state index is -1.17. The molecule has 0 aliphatic heterocycles. The fourth-order valence-electron chi connectivity index (χ4n) is 0.729. The van der Waals surface area contributed by atoms with Crippen LogP contribution in [0.5, 0.6) is 0 Å². The van der Waals surface area contributed by atoms with E-state index in [0.717, 1.165) is 0 Å². The number of aliphatic hydroxyl groups excluding tert-OH is 1. The van der Waals surface area contributed by atoms with Crippen LogP contribution >= 0.6 is 20.3 Å². The van der Waals surface area contributed by atoms with Crippen LogP contribution in [-0.2, 0) is 9.09 Å². The molecular formula is C7H6ClO3P. The Balaban J connectivity index is 2.74. The molecule has 3 nitrogen and oxygen atoms in total. The highest BCUT2D eigenvalue weighted by Crippen LogP contribution is 2.20. The Bertz CT molecular complexity index is 262. The highest BCUT2D eigenvalue weighted by Gasteiger charge is 2.06. The monoisotopic (exact) mass is 204 g/mol. The van der Waals surface area contributed by atoms with Crippen LogP contribution in [-0.4, -0.2) is 5.11 Å². The molecule has 0 saturated carbocycles. The topological polar surface area (TPSA) is 46.5 Å². The molecule has 0 amide bonds. The first-order chi connectivity index (χ1) is 5.74. The molecule has 1 atom stereocenters. The van der Waals surface area contributed by atoms with Gasteiger partial charge < -0.3 is 5.11 Å². The molecule has 0 bridgehead atoms. The lowest BCUT2D eigenvalue weighted by Crippen LogP contribution is -1.95. The van der Waals surface area contributed by atoms with Crippen LogP contribution in [0, 0.1) is 0 Å². The van der Waals surface area contributed by atoms with Crippen LogP contribution in [0.25, 0.3) is 0 Å². The van der Waals surface area contributed by atoms with Gasteiger partial charge in [0.15, 0.2) is 6.29 Å². The lowest BCUT2D eigenvalue weighted by molar-refractivity contribution is -0.00923. The van der Waals surface area contributed by atoms with Gasteiger partial charge in [0.1, 0.15) is 0 Å². The maximum absolute atomic E-state index is 9.94. The van der Waals surface area contributed by atoms with Crippen LogP contribution < -0.4 is 0 Å². The van der Waals surface area contributed by atoms with Gasteiger partial charge >= 0.3 is 8.69 Å². The molecule has 1 aromatic carbocycles. The second kappa shape index (κ2) is 4.53. The predicted molar refractivity (Wildman–Crippen MR) is 45.1 cm³/mol. The molecule has 1 N–H and O–H groups in total. The molecule has 0 spiro atoms. The van der Waals surface area contributed by atoms with Gasteiger partial charge in [-0.15, -0.1) is 0 Å². The van der Waals surface area contributed by atoms with Crippen LogP contribution in [0.3, 0.4) is 0 Å². The molecule has 0 radical (unpaired) electrons. The Labute approximate surface area is 76.2 Å². The van der Waals surface area contributed by atoms with Gasteiger partial charge in [-0.1, -0.05) is 23.7 Å². The Morgan fingerprint density at radius 3 is 2.50 bits per heavy atom. The summed E-state index contributed by atoms with van der Waals surface area (Å²) in [6.07, 6.45) is -1.17. The molecule has 0 aliphatic carbocycles. The first kappa shape index (κ1) is 9.62. The average Bonchev–Trinajstić information content (AvgIpc) is 2.06. The van der Waals surface area contributed by atoms with Crippen molar-refractivity contribution >= 4 is 20.3 Å². The summed E-state index contributed by atoms with van der Waals surface area (Å²) in [5.74, 6) is 0. The van der Waals surface area contributed by atoms with Gasteiger partial charge in [0.2, 0.25) is 0 Å². The molecule has 12 heavy (non-hydrogen) atoms. The Morgan fingerprint density at radius 2 is 2.00 bits per heavy atom. The summed E-state index contributed by atoms with van der Waals surface area (Å²) < 4.78 is 14.3. The molecule has 1 aromatic rings. The van der Waals surface area contributed by atoms with Crippen molar-refractivity contribution < 1.29 is 14.2 Å². The maximum Gasteiger partial charge on any atom is 0.330 e. The molecule has 1 unspecified atom stereocenters. The fraction of sp³-hybridized carbons (Fsp3) is 0.143. The third-order valence-electron chi connectivity index (χ3n) is 1.30. The van der Waals surface area contributed by atoms with Crippen molar-refractivity contribution in [3.8, 4) is 0 Å². The van der Waals surface area contributed by atoms with Gasteiger partial charge in [-0.05, 0) is 12.1 Å². The van der Waals surface area contributed by atoms with Crippen molar-refractivity contribution in [3.05, 3.63) is 34.9 Å². The summed E-state index contributed by atoms with van der Waals surface area (Å²) in [4.78, 5) is 0. The van der Waals surface area contributed by atoms with Crippen LogP contribution in [0.1, 0.15) is 11.9 Å². The molecule has 0 fully saturated rings. The molecule has 0 heterocycles. The molecule has 1 rings (SSSR count). The van der Waals surface area contributed by atoms with Crippen LogP contribution in [0.2, 0.25) is 5.02 Å². The Morgan fingerprint density at radius 1 is 1.42 bits per heavy atom. The zero-order valence-corrected chi connectivity index (χ0v) is 7.63. The zero-order valence-electron chi connectivity index (χ0n) is 5.98. The number of hydrogen-bond donors (Lipinski definition) is 1. The van der Waals surface area contributed by atoms with Gasteiger partial charge in [-0.2, -0.15) is 0 Å². The zero-order chi connectivity index (χ0) is 8.97. The highest BCUT2D eigenvalue weighted by atomic mass is 35.5. The summed E-state index contributed by atoms with van der Waals surface area (Å²) in [5, 5.41) is 9.71. The van der Waals surface area contributed by atoms with Crippen molar-refractivity contribution in [1.29, 1.82) is 0 Å². The van der Waals surface area contributed by atoms with E-state index in [1.165, 1.54) is 0 Å². The highest BCUT2D eigenvalue weighted by molar-refractivity contribution is 7.17. The number of benzene rings is 1.